The molecule has 2 nitrogen and oxygen atoms in total. The summed E-state index contributed by atoms with van der Waals surface area (Å²) in [6.07, 6.45) is 2.58. The van der Waals surface area contributed by atoms with Gasteiger partial charge in [-0.15, -0.1) is 8.58 Å². The second-order valence-corrected chi connectivity index (χ2v) is 6.65. The van der Waals surface area contributed by atoms with Gasteiger partial charge in [-0.1, -0.05) is 6.92 Å². The van der Waals surface area contributed by atoms with Crippen molar-refractivity contribution in [2.24, 2.45) is 0 Å². The molecular weight excluding hydrogens is 187 g/mol. The second kappa shape index (κ2) is 8.18. The molecule has 0 aliphatic carbocycles. The molecule has 0 amide bonds. The summed E-state index contributed by atoms with van der Waals surface area (Å²) in [7, 11) is 3.31. The third-order valence-corrected chi connectivity index (χ3v) is 5.55. The zero-order chi connectivity index (χ0) is 9.40. The molecule has 0 fully saturated rings. The molecule has 0 heterocycles. The first-order valence-electron chi connectivity index (χ1n) is 4.51. The molecule has 0 saturated carbocycles. The van der Waals surface area contributed by atoms with Crippen molar-refractivity contribution >= 4 is 17.9 Å². The van der Waals surface area contributed by atoms with Gasteiger partial charge in [0.2, 0.25) is 0 Å². The number of rotatable bonds is 7. The molecule has 2 atom stereocenters. The quantitative estimate of drug-likeness (QED) is 0.470. The molecule has 0 radical (unpaired) electrons. The zero-order valence-electron chi connectivity index (χ0n) is 8.59. The van der Waals surface area contributed by atoms with Crippen molar-refractivity contribution in [1.82, 2.24) is 0 Å². The molecule has 4 heteroatoms. The van der Waals surface area contributed by atoms with Crippen molar-refractivity contribution in [1.29, 1.82) is 0 Å². The van der Waals surface area contributed by atoms with Crippen LogP contribution in [0.1, 0.15) is 19.8 Å². The Morgan fingerprint density at radius 3 is 2.25 bits per heavy atom. The van der Waals surface area contributed by atoms with E-state index in [-0.39, 0.29) is 0 Å². The summed E-state index contributed by atoms with van der Waals surface area (Å²) >= 11 is 0. The average molecular weight is 208 g/mol. The van der Waals surface area contributed by atoms with Crippen LogP contribution in [0, 0.1) is 0 Å². The average Bonchev–Trinajstić information content (AvgIpc) is 2.13. The lowest BCUT2D eigenvalue weighted by Crippen LogP contribution is -2.20. The van der Waals surface area contributed by atoms with Crippen LogP contribution in [0.2, 0.25) is 6.04 Å². The maximum atomic E-state index is 5.26. The lowest BCUT2D eigenvalue weighted by atomic mass is 10.3. The van der Waals surface area contributed by atoms with Gasteiger partial charge in [0.25, 0.3) is 0 Å². The Morgan fingerprint density at radius 2 is 1.92 bits per heavy atom. The SMILES string of the molecule is CCC(CC[SiH](OC)OC)PC. The van der Waals surface area contributed by atoms with Crippen molar-refractivity contribution in [2.75, 3.05) is 20.9 Å². The summed E-state index contributed by atoms with van der Waals surface area (Å²) in [6.45, 7) is 4.54. The predicted octanol–water partition coefficient (Wildman–Crippen LogP) is 1.98. The number of hydrogen-bond donors (Lipinski definition) is 0. The standard InChI is InChI=1S/C8H21O2PSi/c1-5-8(11-4)6-7-12(9-2)10-3/h8,11-12H,5-7H2,1-4H3. The van der Waals surface area contributed by atoms with Crippen LogP contribution in [0.15, 0.2) is 0 Å². The van der Waals surface area contributed by atoms with E-state index < -0.39 is 9.28 Å². The highest BCUT2D eigenvalue weighted by Gasteiger charge is 2.12. The van der Waals surface area contributed by atoms with Crippen molar-refractivity contribution < 1.29 is 8.85 Å². The molecule has 0 aliphatic rings. The van der Waals surface area contributed by atoms with Gasteiger partial charge in [0.15, 0.2) is 0 Å². The van der Waals surface area contributed by atoms with Crippen molar-refractivity contribution in [3.8, 4) is 0 Å². The van der Waals surface area contributed by atoms with Crippen LogP contribution in [0.25, 0.3) is 0 Å². The predicted molar refractivity (Wildman–Crippen MR) is 58.9 cm³/mol. The minimum absolute atomic E-state index is 0.894. The smallest absolute Gasteiger partial charge is 0.320 e. The molecule has 0 aromatic heterocycles. The normalized spacial score (nSPS) is 14.8. The fraction of sp³-hybridized carbons (Fsp3) is 1.00. The van der Waals surface area contributed by atoms with Gasteiger partial charge in [0.1, 0.15) is 0 Å². The third-order valence-electron chi connectivity index (χ3n) is 2.18. The number of hydrogen-bond acceptors (Lipinski definition) is 2. The molecule has 0 aliphatic heterocycles. The minimum atomic E-state index is -1.27. The summed E-state index contributed by atoms with van der Waals surface area (Å²) in [6, 6.07) is 1.16. The van der Waals surface area contributed by atoms with E-state index in [1.165, 1.54) is 12.8 Å². The first kappa shape index (κ1) is 12.6. The molecule has 0 bridgehead atoms. The summed E-state index contributed by atoms with van der Waals surface area (Å²) in [4.78, 5) is 0. The van der Waals surface area contributed by atoms with Crippen LogP contribution in [-0.2, 0) is 8.85 Å². The second-order valence-electron chi connectivity index (χ2n) is 2.87. The Kier molecular flexibility index (Phi) is 8.56. The molecule has 0 N–H and O–H groups in total. The van der Waals surface area contributed by atoms with Gasteiger partial charge < -0.3 is 8.85 Å². The maximum Gasteiger partial charge on any atom is 0.320 e. The lowest BCUT2D eigenvalue weighted by molar-refractivity contribution is 0.276. The van der Waals surface area contributed by atoms with Crippen LogP contribution in [0.4, 0.5) is 0 Å². The highest BCUT2D eigenvalue weighted by Crippen LogP contribution is 2.23. The van der Waals surface area contributed by atoms with Gasteiger partial charge in [0.05, 0.1) is 0 Å². The first-order valence-corrected chi connectivity index (χ1v) is 7.85. The molecular formula is C8H21O2PSi. The molecule has 0 aromatic rings. The van der Waals surface area contributed by atoms with E-state index in [4.69, 9.17) is 8.85 Å². The van der Waals surface area contributed by atoms with Crippen LogP contribution < -0.4 is 0 Å². The van der Waals surface area contributed by atoms with E-state index in [0.29, 0.717) is 0 Å². The topological polar surface area (TPSA) is 18.5 Å². The Hall–Kier alpha value is 0.567. The van der Waals surface area contributed by atoms with Crippen molar-refractivity contribution in [3.05, 3.63) is 0 Å². The Balaban J connectivity index is 3.49. The van der Waals surface area contributed by atoms with E-state index in [1.54, 1.807) is 14.2 Å². The van der Waals surface area contributed by atoms with Crippen LogP contribution >= 0.6 is 8.58 Å². The fourth-order valence-electron chi connectivity index (χ4n) is 1.22. The van der Waals surface area contributed by atoms with Gasteiger partial charge in [-0.05, 0) is 31.2 Å². The van der Waals surface area contributed by atoms with E-state index in [9.17, 15) is 0 Å². The Morgan fingerprint density at radius 1 is 1.33 bits per heavy atom. The van der Waals surface area contributed by atoms with E-state index in [0.717, 1.165) is 20.3 Å². The van der Waals surface area contributed by atoms with E-state index >= 15 is 0 Å². The van der Waals surface area contributed by atoms with Gasteiger partial charge in [-0.25, -0.2) is 0 Å². The summed E-state index contributed by atoms with van der Waals surface area (Å²) in [5.74, 6) is 0. The maximum absolute atomic E-state index is 5.26. The highest BCUT2D eigenvalue weighted by atomic mass is 31.1. The summed E-state index contributed by atoms with van der Waals surface area (Å²) < 4.78 is 10.5. The van der Waals surface area contributed by atoms with Gasteiger partial charge in [-0.2, -0.15) is 0 Å². The molecule has 12 heavy (non-hydrogen) atoms. The lowest BCUT2D eigenvalue weighted by Gasteiger charge is -2.15. The van der Waals surface area contributed by atoms with Crippen LogP contribution in [-0.4, -0.2) is 35.8 Å². The van der Waals surface area contributed by atoms with Crippen LogP contribution in [0.5, 0.6) is 0 Å². The molecule has 0 spiro atoms. The van der Waals surface area contributed by atoms with E-state index in [1.807, 2.05) is 0 Å². The summed E-state index contributed by atoms with van der Waals surface area (Å²) in [5, 5.41) is 0. The molecule has 0 rings (SSSR count). The van der Waals surface area contributed by atoms with Crippen LogP contribution in [0.3, 0.4) is 0 Å². The monoisotopic (exact) mass is 208 g/mol. The van der Waals surface area contributed by atoms with Crippen molar-refractivity contribution in [2.45, 2.75) is 31.5 Å². The zero-order valence-corrected chi connectivity index (χ0v) is 10.7. The summed E-state index contributed by atoms with van der Waals surface area (Å²) in [5.41, 5.74) is 0.894. The van der Waals surface area contributed by atoms with E-state index in [2.05, 4.69) is 13.6 Å². The highest BCUT2D eigenvalue weighted by molar-refractivity contribution is 7.37. The Bertz CT molecular complexity index is 83.1. The molecule has 2 unspecified atom stereocenters. The molecule has 0 saturated heterocycles. The van der Waals surface area contributed by atoms with Crippen molar-refractivity contribution in [3.63, 3.8) is 0 Å². The fourth-order valence-corrected chi connectivity index (χ4v) is 3.76. The largest absolute Gasteiger partial charge is 0.400 e. The third kappa shape index (κ3) is 5.25. The molecule has 0 aromatic carbocycles. The first-order chi connectivity index (χ1) is 5.78. The van der Waals surface area contributed by atoms with Gasteiger partial charge >= 0.3 is 9.28 Å². The molecule has 74 valence electrons. The Labute approximate surface area is 79.7 Å². The van der Waals surface area contributed by atoms with Gasteiger partial charge in [-0.3, -0.25) is 0 Å². The van der Waals surface area contributed by atoms with Gasteiger partial charge in [0, 0.05) is 14.2 Å². The minimum Gasteiger partial charge on any atom is -0.400 e.